The second-order valence-electron chi connectivity index (χ2n) is 9.98. The van der Waals surface area contributed by atoms with Crippen LogP contribution >= 0.6 is 0 Å². The van der Waals surface area contributed by atoms with Crippen LogP contribution in [0.15, 0.2) is 12.5 Å². The van der Waals surface area contributed by atoms with Gasteiger partial charge < -0.3 is 37.1 Å². The number of aliphatic hydroxyl groups is 1. The van der Waals surface area contributed by atoms with Crippen LogP contribution in [0.2, 0.25) is 0 Å². The number of hydrogen-bond acceptors (Lipinski definition) is 7. The number of carbonyl (C=O) groups excluding carboxylic acids is 5. The molecule has 1 heterocycles. The Hall–Kier alpha value is -3.48. The summed E-state index contributed by atoms with van der Waals surface area (Å²) in [5.74, 6) is -2.61. The summed E-state index contributed by atoms with van der Waals surface area (Å²) in [6.07, 6.45) is 2.11. The fourth-order valence-corrected chi connectivity index (χ4v) is 3.68. The average molecular weight is 524 g/mol. The number of aromatic amines is 1. The van der Waals surface area contributed by atoms with Crippen molar-refractivity contribution < 1.29 is 29.1 Å². The van der Waals surface area contributed by atoms with Crippen LogP contribution in [0, 0.1) is 11.8 Å². The van der Waals surface area contributed by atoms with E-state index in [-0.39, 0.29) is 31.2 Å². The SMILES string of the molecule is CC(=O)NCC(=O)N[C@H](Cc1cnc[nH]1)C(=O)NC(CC(C)C)C(O)CC(=O)N[C@H](CC(C)C)C(N)=O. The molecule has 1 rings (SSSR count). The Balaban J connectivity index is 2.94. The minimum Gasteiger partial charge on any atom is -0.390 e. The molecule has 0 aliphatic carbocycles. The molecule has 0 radical (unpaired) electrons. The molecule has 0 fully saturated rings. The quantitative estimate of drug-likeness (QED) is 0.142. The summed E-state index contributed by atoms with van der Waals surface area (Å²) in [5.41, 5.74) is 5.97. The van der Waals surface area contributed by atoms with Crippen LogP contribution in [0.3, 0.4) is 0 Å². The van der Waals surface area contributed by atoms with E-state index in [1.165, 1.54) is 19.4 Å². The molecule has 1 aromatic heterocycles. The van der Waals surface area contributed by atoms with E-state index in [2.05, 4.69) is 31.2 Å². The maximum Gasteiger partial charge on any atom is 0.243 e. The largest absolute Gasteiger partial charge is 0.390 e. The van der Waals surface area contributed by atoms with Gasteiger partial charge in [0.15, 0.2) is 0 Å². The summed E-state index contributed by atoms with van der Waals surface area (Å²) in [7, 11) is 0. The van der Waals surface area contributed by atoms with E-state index in [0.717, 1.165) is 0 Å². The molecule has 208 valence electrons. The first-order valence-corrected chi connectivity index (χ1v) is 12.4. The van der Waals surface area contributed by atoms with Gasteiger partial charge in [-0.15, -0.1) is 0 Å². The molecule has 5 amide bonds. The molecule has 37 heavy (non-hydrogen) atoms. The third kappa shape index (κ3) is 12.9. The summed E-state index contributed by atoms with van der Waals surface area (Å²) in [4.78, 5) is 67.6. The molecule has 0 aliphatic heterocycles. The third-order valence-electron chi connectivity index (χ3n) is 5.43. The summed E-state index contributed by atoms with van der Waals surface area (Å²) >= 11 is 0. The van der Waals surface area contributed by atoms with E-state index >= 15 is 0 Å². The summed E-state index contributed by atoms with van der Waals surface area (Å²) in [6.45, 7) is 8.53. The Morgan fingerprint density at radius 1 is 0.973 bits per heavy atom. The van der Waals surface area contributed by atoms with Gasteiger partial charge in [-0.25, -0.2) is 4.98 Å². The van der Waals surface area contributed by atoms with Crippen LogP contribution in [0.4, 0.5) is 0 Å². The lowest BCUT2D eigenvalue weighted by Gasteiger charge is -2.28. The molecular formula is C24H41N7O6. The Kier molecular flexibility index (Phi) is 13.3. The van der Waals surface area contributed by atoms with Gasteiger partial charge in [-0.05, 0) is 24.7 Å². The molecule has 0 aliphatic rings. The van der Waals surface area contributed by atoms with E-state index in [1.54, 1.807) is 0 Å². The van der Waals surface area contributed by atoms with Gasteiger partial charge in [0.2, 0.25) is 29.5 Å². The lowest BCUT2D eigenvalue weighted by atomic mass is 9.96. The Morgan fingerprint density at radius 2 is 1.59 bits per heavy atom. The molecule has 1 aromatic rings. The molecule has 13 nitrogen and oxygen atoms in total. The van der Waals surface area contributed by atoms with Gasteiger partial charge in [0.1, 0.15) is 12.1 Å². The predicted molar refractivity (Wildman–Crippen MR) is 135 cm³/mol. The minimum atomic E-state index is -1.26. The maximum absolute atomic E-state index is 13.2. The van der Waals surface area contributed by atoms with Crippen molar-refractivity contribution in [2.24, 2.45) is 17.6 Å². The van der Waals surface area contributed by atoms with Crippen LogP contribution in [0.25, 0.3) is 0 Å². The zero-order valence-electron chi connectivity index (χ0n) is 22.2. The zero-order valence-corrected chi connectivity index (χ0v) is 22.2. The van der Waals surface area contributed by atoms with Gasteiger partial charge in [0.25, 0.3) is 0 Å². The van der Waals surface area contributed by atoms with E-state index < -0.39 is 53.8 Å². The van der Waals surface area contributed by atoms with Crippen LogP contribution < -0.4 is 27.0 Å². The van der Waals surface area contributed by atoms with Crippen LogP contribution in [0.1, 0.15) is 59.6 Å². The number of nitrogens with two attached hydrogens (primary N) is 1. The number of primary amides is 1. The van der Waals surface area contributed by atoms with E-state index in [4.69, 9.17) is 5.73 Å². The zero-order chi connectivity index (χ0) is 28.1. The van der Waals surface area contributed by atoms with Gasteiger partial charge in [-0.3, -0.25) is 24.0 Å². The first-order valence-electron chi connectivity index (χ1n) is 12.4. The topological polar surface area (TPSA) is 208 Å². The molecule has 8 N–H and O–H groups in total. The summed E-state index contributed by atoms with van der Waals surface area (Å²) in [5, 5.41) is 21.1. The fourth-order valence-electron chi connectivity index (χ4n) is 3.68. The molecule has 4 atom stereocenters. The minimum absolute atomic E-state index is 0.0581. The third-order valence-corrected chi connectivity index (χ3v) is 5.43. The standard InChI is InChI=1S/C24H41N7O6/c1-13(2)6-17(20(33)9-21(34)29-18(23(25)36)7-14(3)4)31-24(37)19(8-16-10-26-12-28-16)30-22(35)11-27-15(5)32/h10,12-14,17-20,33H,6-9,11H2,1-5H3,(H2,25,36)(H,26,28)(H,27,32)(H,29,34)(H,30,35)(H,31,37)/t17?,18-,19-,20?/m1/s1. The van der Waals surface area contributed by atoms with E-state index in [1.807, 2.05) is 27.7 Å². The Bertz CT molecular complexity index is 903. The number of aromatic nitrogens is 2. The number of hydrogen-bond donors (Lipinski definition) is 7. The van der Waals surface area contributed by atoms with Gasteiger partial charge >= 0.3 is 0 Å². The number of aliphatic hydroxyl groups excluding tert-OH is 1. The molecule has 0 saturated carbocycles. The van der Waals surface area contributed by atoms with Crippen molar-refractivity contribution in [3.05, 3.63) is 18.2 Å². The predicted octanol–water partition coefficient (Wildman–Crippen LogP) is -1.13. The van der Waals surface area contributed by atoms with Crippen molar-refractivity contribution in [3.8, 4) is 0 Å². The Morgan fingerprint density at radius 3 is 2.11 bits per heavy atom. The highest BCUT2D eigenvalue weighted by Crippen LogP contribution is 2.13. The number of nitrogens with one attached hydrogen (secondary N) is 5. The highest BCUT2D eigenvalue weighted by molar-refractivity contribution is 5.90. The second-order valence-corrected chi connectivity index (χ2v) is 9.98. The number of carbonyl (C=O) groups is 5. The van der Waals surface area contributed by atoms with Gasteiger partial charge in [-0.2, -0.15) is 0 Å². The number of nitrogens with zero attached hydrogens (tertiary/aromatic N) is 1. The maximum atomic E-state index is 13.2. The van der Waals surface area contributed by atoms with Crippen molar-refractivity contribution in [1.29, 1.82) is 0 Å². The van der Waals surface area contributed by atoms with E-state index in [9.17, 15) is 29.1 Å². The lowest BCUT2D eigenvalue weighted by Crippen LogP contribution is -2.55. The molecular weight excluding hydrogens is 482 g/mol. The Labute approximate surface area is 217 Å². The normalized spacial score (nSPS) is 14.4. The average Bonchev–Trinajstić information content (AvgIpc) is 3.28. The lowest BCUT2D eigenvalue weighted by molar-refractivity contribution is -0.131. The van der Waals surface area contributed by atoms with Crippen molar-refractivity contribution in [3.63, 3.8) is 0 Å². The number of amides is 5. The van der Waals surface area contributed by atoms with Crippen LogP contribution in [-0.2, 0) is 30.4 Å². The van der Waals surface area contributed by atoms with Crippen molar-refractivity contribution in [2.45, 2.75) is 84.5 Å². The first kappa shape index (κ1) is 31.5. The molecule has 0 aromatic carbocycles. The van der Waals surface area contributed by atoms with Crippen molar-refractivity contribution in [1.82, 2.24) is 31.2 Å². The first-order chi connectivity index (χ1) is 17.3. The summed E-state index contributed by atoms with van der Waals surface area (Å²) in [6, 6.07) is -2.72. The number of rotatable bonds is 16. The smallest absolute Gasteiger partial charge is 0.243 e. The molecule has 0 spiro atoms. The fraction of sp³-hybridized carbons (Fsp3) is 0.667. The monoisotopic (exact) mass is 523 g/mol. The molecule has 0 saturated heterocycles. The number of H-pyrrole nitrogens is 1. The van der Waals surface area contributed by atoms with Crippen LogP contribution in [0.5, 0.6) is 0 Å². The molecule has 0 bridgehead atoms. The van der Waals surface area contributed by atoms with Crippen molar-refractivity contribution in [2.75, 3.05) is 6.54 Å². The summed E-state index contributed by atoms with van der Waals surface area (Å²) < 4.78 is 0. The highest BCUT2D eigenvalue weighted by Gasteiger charge is 2.30. The highest BCUT2D eigenvalue weighted by atomic mass is 16.3. The number of imidazole rings is 1. The molecule has 2 unspecified atom stereocenters. The van der Waals surface area contributed by atoms with Gasteiger partial charge in [-0.1, -0.05) is 27.7 Å². The van der Waals surface area contributed by atoms with Gasteiger partial charge in [0.05, 0.1) is 31.4 Å². The van der Waals surface area contributed by atoms with Gasteiger partial charge in [0, 0.05) is 25.2 Å². The second kappa shape index (κ2) is 15.6. The molecule has 13 heteroatoms. The van der Waals surface area contributed by atoms with Crippen molar-refractivity contribution >= 4 is 29.5 Å². The van der Waals surface area contributed by atoms with E-state index in [0.29, 0.717) is 18.5 Å². The van der Waals surface area contributed by atoms with Crippen LogP contribution in [-0.4, -0.2) is 75.4 Å².